The van der Waals surface area contributed by atoms with Crippen molar-refractivity contribution in [2.45, 2.75) is 11.7 Å². The van der Waals surface area contributed by atoms with Gasteiger partial charge in [0.15, 0.2) is 0 Å². The number of imidazole rings is 2. The molecule has 2 aromatic heterocycles. The van der Waals surface area contributed by atoms with Gasteiger partial charge in [-0.1, -0.05) is 24.3 Å². The first-order valence-corrected chi connectivity index (χ1v) is 8.81. The number of aromatic nitrogens is 4. The van der Waals surface area contributed by atoms with Crippen LogP contribution < -0.4 is 29.6 Å². The third kappa shape index (κ3) is 3.63. The van der Waals surface area contributed by atoms with Gasteiger partial charge in [0.05, 0.1) is 22.1 Å². The number of aromatic amines is 2. The van der Waals surface area contributed by atoms with Gasteiger partial charge in [-0.25, -0.2) is 18.4 Å². The summed E-state index contributed by atoms with van der Waals surface area (Å²) in [5.74, 6) is 0.563. The van der Waals surface area contributed by atoms with Gasteiger partial charge >= 0.3 is 29.6 Å². The Bertz CT molecular complexity index is 1070. The van der Waals surface area contributed by atoms with E-state index in [-0.39, 0.29) is 41.8 Å². The SMILES string of the molecule is O=S(=O)([O-])C(Cc1nc2ccccc2[nH]1)c1nc2ccccc2[nH]1.[Na+]. The van der Waals surface area contributed by atoms with Crippen LogP contribution in [-0.2, 0) is 16.5 Å². The fourth-order valence-electron chi connectivity index (χ4n) is 2.74. The van der Waals surface area contributed by atoms with Crippen LogP contribution in [0.3, 0.4) is 0 Å². The largest absolute Gasteiger partial charge is 1.00 e. The number of hydrogen-bond acceptors (Lipinski definition) is 5. The minimum absolute atomic E-state index is 0. The van der Waals surface area contributed by atoms with Crippen molar-refractivity contribution in [1.82, 2.24) is 19.9 Å². The molecule has 0 saturated carbocycles. The molecule has 122 valence electrons. The van der Waals surface area contributed by atoms with Gasteiger partial charge in [-0.05, 0) is 24.3 Å². The molecule has 2 N–H and O–H groups in total. The first-order chi connectivity index (χ1) is 11.5. The Hall–Kier alpha value is -1.71. The van der Waals surface area contributed by atoms with Gasteiger partial charge in [-0.3, -0.25) is 0 Å². The maximum Gasteiger partial charge on any atom is 1.00 e. The predicted octanol–water partition coefficient (Wildman–Crippen LogP) is -0.728. The first kappa shape index (κ1) is 18.1. The topological polar surface area (TPSA) is 115 Å². The van der Waals surface area contributed by atoms with E-state index in [9.17, 15) is 13.0 Å². The molecule has 0 aliphatic rings. The Morgan fingerprint density at radius 1 is 0.920 bits per heavy atom. The molecule has 4 aromatic rings. The average molecular weight is 364 g/mol. The molecule has 25 heavy (non-hydrogen) atoms. The Morgan fingerprint density at radius 3 is 2.04 bits per heavy atom. The third-order valence-electron chi connectivity index (χ3n) is 3.88. The summed E-state index contributed by atoms with van der Waals surface area (Å²) in [5, 5.41) is -1.33. The van der Waals surface area contributed by atoms with Crippen LogP contribution in [0.5, 0.6) is 0 Å². The Labute approximate surface area is 165 Å². The maximum atomic E-state index is 11.8. The van der Waals surface area contributed by atoms with Crippen LogP contribution in [0.2, 0.25) is 0 Å². The number of rotatable bonds is 4. The fraction of sp³-hybridized carbons (Fsp3) is 0.125. The number of nitrogens with zero attached hydrogens (tertiary/aromatic N) is 2. The number of benzene rings is 2. The molecule has 1 unspecified atom stereocenters. The molecule has 2 aromatic carbocycles. The number of hydrogen-bond donors (Lipinski definition) is 2. The van der Waals surface area contributed by atoms with Crippen LogP contribution in [0.25, 0.3) is 22.1 Å². The zero-order chi connectivity index (χ0) is 16.7. The molecule has 9 heteroatoms. The zero-order valence-electron chi connectivity index (χ0n) is 13.4. The van der Waals surface area contributed by atoms with Crippen LogP contribution in [0.15, 0.2) is 48.5 Å². The van der Waals surface area contributed by atoms with E-state index in [4.69, 9.17) is 0 Å². The molecule has 0 saturated heterocycles. The minimum Gasteiger partial charge on any atom is -0.747 e. The van der Waals surface area contributed by atoms with E-state index in [2.05, 4.69) is 19.9 Å². The second-order valence-electron chi connectivity index (χ2n) is 5.53. The summed E-state index contributed by atoms with van der Waals surface area (Å²) < 4.78 is 35.3. The second-order valence-corrected chi connectivity index (χ2v) is 7.08. The summed E-state index contributed by atoms with van der Waals surface area (Å²) in [5.41, 5.74) is 2.81. The van der Waals surface area contributed by atoms with Crippen molar-refractivity contribution in [1.29, 1.82) is 0 Å². The summed E-state index contributed by atoms with van der Waals surface area (Å²) in [6.45, 7) is 0. The van der Waals surface area contributed by atoms with E-state index >= 15 is 0 Å². The molecule has 0 aliphatic carbocycles. The summed E-state index contributed by atoms with van der Waals surface area (Å²) in [7, 11) is -4.60. The summed E-state index contributed by atoms with van der Waals surface area (Å²) in [6.07, 6.45) is -0.0691. The smallest absolute Gasteiger partial charge is 0.747 e. The Morgan fingerprint density at radius 2 is 1.48 bits per heavy atom. The number of nitrogens with one attached hydrogen (secondary N) is 2. The second kappa shape index (κ2) is 6.89. The van der Waals surface area contributed by atoms with Gasteiger partial charge in [-0.15, -0.1) is 0 Å². The molecule has 7 nitrogen and oxygen atoms in total. The molecule has 0 radical (unpaired) electrons. The molecule has 4 rings (SSSR count). The van der Waals surface area contributed by atoms with Crippen molar-refractivity contribution in [2.75, 3.05) is 0 Å². The normalized spacial score (nSPS) is 13.0. The van der Waals surface area contributed by atoms with Crippen molar-refractivity contribution >= 4 is 32.2 Å². The van der Waals surface area contributed by atoms with Crippen LogP contribution in [0, 0.1) is 0 Å². The quantitative estimate of drug-likeness (QED) is 0.366. The monoisotopic (exact) mass is 364 g/mol. The Balaban J connectivity index is 0.00000182. The van der Waals surface area contributed by atoms with Crippen LogP contribution >= 0.6 is 0 Å². The van der Waals surface area contributed by atoms with E-state index in [1.807, 2.05) is 30.3 Å². The third-order valence-corrected chi connectivity index (χ3v) is 4.97. The van der Waals surface area contributed by atoms with Crippen LogP contribution in [0.1, 0.15) is 16.9 Å². The van der Waals surface area contributed by atoms with E-state index in [1.54, 1.807) is 18.2 Å². The summed E-state index contributed by atoms with van der Waals surface area (Å²) in [4.78, 5) is 14.6. The molecule has 0 spiro atoms. The van der Waals surface area contributed by atoms with E-state index in [0.717, 1.165) is 11.0 Å². The fourth-order valence-corrected chi connectivity index (χ4v) is 3.49. The summed E-state index contributed by atoms with van der Waals surface area (Å²) >= 11 is 0. The predicted molar refractivity (Wildman–Crippen MR) is 88.3 cm³/mol. The molecule has 0 fully saturated rings. The number of para-hydroxylation sites is 4. The minimum atomic E-state index is -4.60. The van der Waals surface area contributed by atoms with Crippen molar-refractivity contribution in [3.05, 3.63) is 60.2 Å². The molecule has 0 amide bonds. The van der Waals surface area contributed by atoms with Crippen molar-refractivity contribution in [3.8, 4) is 0 Å². The zero-order valence-corrected chi connectivity index (χ0v) is 16.2. The molecule has 0 aliphatic heterocycles. The van der Waals surface area contributed by atoms with Gasteiger partial charge in [0, 0.05) is 6.42 Å². The van der Waals surface area contributed by atoms with E-state index in [1.165, 1.54) is 0 Å². The molecular formula is C16H13N4NaO3S. The maximum absolute atomic E-state index is 11.8. The van der Waals surface area contributed by atoms with E-state index in [0.29, 0.717) is 16.9 Å². The van der Waals surface area contributed by atoms with Gasteiger partial charge in [0.25, 0.3) is 0 Å². The molecule has 0 bridgehead atoms. The van der Waals surface area contributed by atoms with Crippen LogP contribution in [-0.4, -0.2) is 32.9 Å². The van der Waals surface area contributed by atoms with Crippen molar-refractivity contribution < 1.29 is 42.5 Å². The van der Waals surface area contributed by atoms with Crippen LogP contribution in [0.4, 0.5) is 0 Å². The summed E-state index contributed by atoms with van der Waals surface area (Å²) in [6, 6.07) is 14.5. The van der Waals surface area contributed by atoms with Gasteiger partial charge in [-0.2, -0.15) is 0 Å². The number of H-pyrrole nitrogens is 2. The van der Waals surface area contributed by atoms with Gasteiger partial charge in [0.1, 0.15) is 27.0 Å². The number of fused-ring (bicyclic) bond motifs is 2. The van der Waals surface area contributed by atoms with E-state index < -0.39 is 15.4 Å². The first-order valence-electron chi connectivity index (χ1n) is 7.34. The standard InChI is InChI=1S/C16H14N4O3S.Na/c21-24(22,23)14(16-19-12-7-3-4-8-13(12)20-16)9-15-17-10-5-1-2-6-11(10)18-15;/h1-8,14H,9H2,(H,17,18)(H,19,20)(H,21,22,23);/q;+1/p-1. The van der Waals surface area contributed by atoms with Crippen molar-refractivity contribution in [2.24, 2.45) is 0 Å². The molecule has 2 heterocycles. The Kier molecular flexibility index (Phi) is 4.99. The van der Waals surface area contributed by atoms with Gasteiger partial charge in [0.2, 0.25) is 0 Å². The molecular weight excluding hydrogens is 351 g/mol. The van der Waals surface area contributed by atoms with Crippen molar-refractivity contribution in [3.63, 3.8) is 0 Å². The molecule has 1 atom stereocenters. The average Bonchev–Trinajstić information content (AvgIpc) is 3.14. The van der Waals surface area contributed by atoms with Gasteiger partial charge < -0.3 is 14.5 Å².